The molecule has 4 rings (SSSR count). The first-order valence-electron chi connectivity index (χ1n) is 9.63. The molecule has 0 aliphatic heterocycles. The van der Waals surface area contributed by atoms with Gasteiger partial charge in [0.25, 0.3) is 0 Å². The van der Waals surface area contributed by atoms with Crippen molar-refractivity contribution in [3.8, 4) is 22.5 Å². The fourth-order valence-corrected chi connectivity index (χ4v) is 3.32. The number of hydrogen-bond donors (Lipinski definition) is 3. The van der Waals surface area contributed by atoms with Crippen LogP contribution in [-0.4, -0.2) is 16.7 Å². The number of halogens is 1. The van der Waals surface area contributed by atoms with E-state index < -0.39 is 0 Å². The van der Waals surface area contributed by atoms with Crippen LogP contribution in [0.1, 0.15) is 11.1 Å². The second kappa shape index (κ2) is 8.95. The zero-order valence-electron chi connectivity index (χ0n) is 16.0. The van der Waals surface area contributed by atoms with Crippen LogP contribution in [0, 0.1) is 0 Å². The first kappa shape index (κ1) is 19.2. The van der Waals surface area contributed by atoms with Gasteiger partial charge in [-0.1, -0.05) is 60.1 Å². The standard InChI is InChI=1S/C24H23ClN4/c25-21-9-7-20(8-10-21)24-15-23(28-29-24)19-5-1-18(2-6-19)16-27-14-13-17-3-11-22(26)12-4-17/h1-12,15,27H,13-14,16,26H2,(H,28,29). The van der Waals surface area contributed by atoms with Gasteiger partial charge in [-0.15, -0.1) is 0 Å². The third-order valence-corrected chi connectivity index (χ3v) is 5.13. The highest BCUT2D eigenvalue weighted by atomic mass is 35.5. The highest BCUT2D eigenvalue weighted by Gasteiger charge is 2.06. The molecule has 4 aromatic rings. The molecule has 0 radical (unpaired) electrons. The molecule has 5 heteroatoms. The van der Waals surface area contributed by atoms with Crippen molar-refractivity contribution in [2.75, 3.05) is 12.3 Å². The summed E-state index contributed by atoms with van der Waals surface area (Å²) in [5, 5.41) is 11.8. The molecule has 0 fully saturated rings. The van der Waals surface area contributed by atoms with Gasteiger partial charge in [-0.3, -0.25) is 5.10 Å². The van der Waals surface area contributed by atoms with Crippen molar-refractivity contribution in [1.29, 1.82) is 0 Å². The number of aromatic nitrogens is 2. The smallest absolute Gasteiger partial charge is 0.0927 e. The van der Waals surface area contributed by atoms with Crippen LogP contribution < -0.4 is 11.1 Å². The Labute approximate surface area is 175 Å². The number of nitrogens with one attached hydrogen (secondary N) is 2. The Bertz CT molecular complexity index is 1050. The predicted molar refractivity (Wildman–Crippen MR) is 121 cm³/mol. The number of benzene rings is 3. The van der Waals surface area contributed by atoms with Crippen LogP contribution >= 0.6 is 11.6 Å². The highest BCUT2D eigenvalue weighted by Crippen LogP contribution is 2.25. The van der Waals surface area contributed by atoms with Crippen molar-refractivity contribution in [2.24, 2.45) is 0 Å². The molecule has 0 atom stereocenters. The summed E-state index contributed by atoms with van der Waals surface area (Å²) >= 11 is 5.96. The molecule has 0 bridgehead atoms. The highest BCUT2D eigenvalue weighted by molar-refractivity contribution is 6.30. The summed E-state index contributed by atoms with van der Waals surface area (Å²) in [4.78, 5) is 0. The maximum absolute atomic E-state index is 5.96. The lowest BCUT2D eigenvalue weighted by Crippen LogP contribution is -2.16. The Balaban J connectivity index is 1.32. The molecule has 29 heavy (non-hydrogen) atoms. The van der Waals surface area contributed by atoms with Crippen molar-refractivity contribution < 1.29 is 0 Å². The number of rotatable bonds is 7. The molecule has 1 heterocycles. The zero-order chi connectivity index (χ0) is 20.1. The lowest BCUT2D eigenvalue weighted by atomic mass is 10.1. The number of nitrogens with zero attached hydrogens (tertiary/aromatic N) is 1. The Morgan fingerprint density at radius 3 is 2.21 bits per heavy atom. The first-order valence-corrected chi connectivity index (χ1v) is 10.0. The van der Waals surface area contributed by atoms with E-state index >= 15 is 0 Å². The number of aromatic amines is 1. The molecular formula is C24H23ClN4. The van der Waals surface area contributed by atoms with Crippen LogP contribution in [0.5, 0.6) is 0 Å². The normalized spacial score (nSPS) is 10.9. The summed E-state index contributed by atoms with van der Waals surface area (Å²) in [5.74, 6) is 0. The fourth-order valence-electron chi connectivity index (χ4n) is 3.19. The van der Waals surface area contributed by atoms with E-state index in [0.29, 0.717) is 0 Å². The second-order valence-corrected chi connectivity index (χ2v) is 7.48. The fraction of sp³-hybridized carbons (Fsp3) is 0.125. The quantitative estimate of drug-likeness (QED) is 0.290. The van der Waals surface area contributed by atoms with Gasteiger partial charge >= 0.3 is 0 Å². The van der Waals surface area contributed by atoms with Gasteiger partial charge in [-0.25, -0.2) is 0 Å². The van der Waals surface area contributed by atoms with E-state index in [0.717, 1.165) is 52.7 Å². The predicted octanol–water partition coefficient (Wildman–Crippen LogP) is 5.31. The van der Waals surface area contributed by atoms with E-state index in [1.807, 2.05) is 36.4 Å². The lowest BCUT2D eigenvalue weighted by molar-refractivity contribution is 0.687. The minimum atomic E-state index is 0.728. The minimum Gasteiger partial charge on any atom is -0.399 e. The molecule has 4 nitrogen and oxygen atoms in total. The van der Waals surface area contributed by atoms with Gasteiger partial charge in [-0.05, 0) is 60.0 Å². The maximum Gasteiger partial charge on any atom is 0.0927 e. The monoisotopic (exact) mass is 402 g/mol. The molecule has 0 unspecified atom stereocenters. The van der Waals surface area contributed by atoms with Crippen molar-refractivity contribution >= 4 is 17.3 Å². The molecule has 0 saturated carbocycles. The van der Waals surface area contributed by atoms with E-state index in [9.17, 15) is 0 Å². The van der Waals surface area contributed by atoms with Crippen LogP contribution in [-0.2, 0) is 13.0 Å². The molecule has 0 saturated heterocycles. The van der Waals surface area contributed by atoms with E-state index in [2.05, 4.69) is 58.0 Å². The Morgan fingerprint density at radius 2 is 1.48 bits per heavy atom. The summed E-state index contributed by atoms with van der Waals surface area (Å²) in [7, 11) is 0. The van der Waals surface area contributed by atoms with Gasteiger partial charge in [0.2, 0.25) is 0 Å². The van der Waals surface area contributed by atoms with Gasteiger partial charge < -0.3 is 11.1 Å². The van der Waals surface area contributed by atoms with Crippen LogP contribution in [0.15, 0.2) is 78.9 Å². The van der Waals surface area contributed by atoms with Gasteiger partial charge in [0.05, 0.1) is 11.4 Å². The number of hydrogen-bond acceptors (Lipinski definition) is 3. The first-order chi connectivity index (χ1) is 14.2. The molecular weight excluding hydrogens is 380 g/mol. The average molecular weight is 403 g/mol. The summed E-state index contributed by atoms with van der Waals surface area (Å²) in [6, 6.07) is 26.3. The molecule has 4 N–H and O–H groups in total. The summed E-state index contributed by atoms with van der Waals surface area (Å²) in [6.45, 7) is 1.77. The van der Waals surface area contributed by atoms with E-state index in [4.69, 9.17) is 17.3 Å². The van der Waals surface area contributed by atoms with Gasteiger partial charge in [-0.2, -0.15) is 5.10 Å². The van der Waals surface area contributed by atoms with Gasteiger partial charge in [0.15, 0.2) is 0 Å². The Morgan fingerprint density at radius 1 is 0.828 bits per heavy atom. The van der Waals surface area contributed by atoms with E-state index in [1.54, 1.807) is 0 Å². The number of H-pyrrole nitrogens is 1. The maximum atomic E-state index is 5.96. The minimum absolute atomic E-state index is 0.728. The van der Waals surface area contributed by atoms with Crippen LogP contribution in [0.2, 0.25) is 5.02 Å². The van der Waals surface area contributed by atoms with Gasteiger partial charge in [0.1, 0.15) is 0 Å². The molecule has 146 valence electrons. The van der Waals surface area contributed by atoms with Crippen molar-refractivity contribution in [2.45, 2.75) is 13.0 Å². The van der Waals surface area contributed by atoms with Crippen molar-refractivity contribution in [3.05, 3.63) is 95.0 Å². The summed E-state index contributed by atoms with van der Waals surface area (Å²) < 4.78 is 0. The Kier molecular flexibility index (Phi) is 5.94. The topological polar surface area (TPSA) is 66.7 Å². The molecule has 0 aliphatic rings. The lowest BCUT2D eigenvalue weighted by Gasteiger charge is -2.06. The third kappa shape index (κ3) is 5.05. The largest absolute Gasteiger partial charge is 0.399 e. The molecule has 0 aliphatic carbocycles. The number of nitrogens with two attached hydrogens (primary N) is 1. The molecule has 0 amide bonds. The molecule has 1 aromatic heterocycles. The van der Waals surface area contributed by atoms with Crippen molar-refractivity contribution in [1.82, 2.24) is 15.5 Å². The summed E-state index contributed by atoms with van der Waals surface area (Å²) in [6.07, 6.45) is 0.985. The number of nitrogen functional groups attached to an aromatic ring is 1. The number of anilines is 1. The van der Waals surface area contributed by atoms with Crippen LogP contribution in [0.4, 0.5) is 5.69 Å². The van der Waals surface area contributed by atoms with E-state index in [1.165, 1.54) is 11.1 Å². The molecule has 0 spiro atoms. The van der Waals surface area contributed by atoms with Gasteiger partial charge in [0, 0.05) is 22.8 Å². The average Bonchev–Trinajstić information content (AvgIpc) is 3.24. The zero-order valence-corrected chi connectivity index (χ0v) is 16.8. The Hall–Kier alpha value is -3.08. The third-order valence-electron chi connectivity index (χ3n) is 4.88. The van der Waals surface area contributed by atoms with E-state index in [-0.39, 0.29) is 0 Å². The SMILES string of the molecule is Nc1ccc(CCNCc2ccc(-c3cc(-c4ccc(Cl)cc4)[nH]n3)cc2)cc1. The second-order valence-electron chi connectivity index (χ2n) is 7.04. The van der Waals surface area contributed by atoms with Crippen LogP contribution in [0.25, 0.3) is 22.5 Å². The van der Waals surface area contributed by atoms with Crippen LogP contribution in [0.3, 0.4) is 0 Å². The van der Waals surface area contributed by atoms with Crippen molar-refractivity contribution in [3.63, 3.8) is 0 Å². The summed E-state index contributed by atoms with van der Waals surface area (Å²) in [5.41, 5.74) is 13.1. The molecule has 3 aromatic carbocycles.